The minimum atomic E-state index is -0.545. The predicted molar refractivity (Wildman–Crippen MR) is 178 cm³/mol. The summed E-state index contributed by atoms with van der Waals surface area (Å²) < 4.78 is 5.53. The molecule has 45 heavy (non-hydrogen) atoms. The van der Waals surface area contributed by atoms with E-state index in [1.165, 1.54) is 6.07 Å². The van der Waals surface area contributed by atoms with Gasteiger partial charge in [-0.2, -0.15) is 0 Å². The number of hydrogen-bond acceptors (Lipinski definition) is 7. The number of carbonyl (C=O) groups excluding carboxylic acids is 3. The Labute approximate surface area is 270 Å². The van der Waals surface area contributed by atoms with Gasteiger partial charge in [0.25, 0.3) is 5.91 Å². The van der Waals surface area contributed by atoms with Gasteiger partial charge in [0.15, 0.2) is 5.78 Å². The average Bonchev–Trinajstić information content (AvgIpc) is 3.04. The number of nitrogens with zero attached hydrogens (tertiary/aromatic N) is 1. The molecule has 1 atom stereocenters. The molecule has 0 spiro atoms. The average molecular weight is 642 g/mol. The number of benzene rings is 4. The lowest BCUT2D eigenvalue weighted by Gasteiger charge is -2.32. The third kappa shape index (κ3) is 5.79. The van der Waals surface area contributed by atoms with Gasteiger partial charge in [0.05, 0.1) is 45.0 Å². The van der Waals surface area contributed by atoms with Crippen LogP contribution >= 0.6 is 23.2 Å². The van der Waals surface area contributed by atoms with E-state index in [1.54, 1.807) is 30.6 Å². The highest BCUT2D eigenvalue weighted by molar-refractivity contribution is 6.36. The minimum absolute atomic E-state index is 0.163. The summed E-state index contributed by atoms with van der Waals surface area (Å²) in [4.78, 5) is 44.6. The number of nitrogens with one attached hydrogen (secondary N) is 3. The van der Waals surface area contributed by atoms with Crippen LogP contribution in [0.5, 0.6) is 0 Å². The van der Waals surface area contributed by atoms with Crippen molar-refractivity contribution in [2.75, 3.05) is 16.0 Å². The Morgan fingerprint density at radius 2 is 1.76 bits per heavy atom. The van der Waals surface area contributed by atoms with E-state index in [4.69, 9.17) is 32.9 Å². The Hall–Kier alpha value is -4.66. The zero-order valence-electron chi connectivity index (χ0n) is 24.8. The Morgan fingerprint density at radius 1 is 1.00 bits per heavy atom. The van der Waals surface area contributed by atoms with E-state index in [9.17, 15) is 14.4 Å². The van der Waals surface area contributed by atoms with Gasteiger partial charge in [-0.05, 0) is 67.8 Å². The smallest absolute Gasteiger partial charge is 0.311 e. The van der Waals surface area contributed by atoms with E-state index in [1.807, 2.05) is 63.2 Å². The molecule has 1 aliphatic carbocycles. The zero-order chi connectivity index (χ0) is 31.9. The van der Waals surface area contributed by atoms with Crippen LogP contribution in [0.15, 0.2) is 77.8 Å². The number of esters is 1. The van der Waals surface area contributed by atoms with Gasteiger partial charge in [-0.15, -0.1) is 0 Å². The summed E-state index contributed by atoms with van der Waals surface area (Å²) in [5.74, 6) is -0.973. The fourth-order valence-corrected chi connectivity index (χ4v) is 5.70. The lowest BCUT2D eigenvalue weighted by atomic mass is 9.79. The molecule has 1 heterocycles. The molecule has 0 saturated carbocycles. The molecular formula is C35H30Cl2N4O4. The molecule has 0 fully saturated rings. The first-order chi connectivity index (χ1) is 21.6. The van der Waals surface area contributed by atoms with Crippen molar-refractivity contribution in [2.24, 2.45) is 10.4 Å². The van der Waals surface area contributed by atoms with Gasteiger partial charge < -0.3 is 20.7 Å². The Balaban J connectivity index is 1.37. The fraction of sp³-hybridized carbons (Fsp3) is 0.200. The van der Waals surface area contributed by atoms with Gasteiger partial charge in [0.1, 0.15) is 12.6 Å². The number of hydrogen-bond donors (Lipinski definition) is 3. The molecular weight excluding hydrogens is 611 g/mol. The summed E-state index contributed by atoms with van der Waals surface area (Å²) >= 11 is 12.5. The lowest BCUT2D eigenvalue weighted by molar-refractivity contribution is -0.155. The van der Waals surface area contributed by atoms with E-state index >= 15 is 0 Å². The number of aliphatic imine (C=N–C) groups is 1. The summed E-state index contributed by atoms with van der Waals surface area (Å²) in [6, 6.07) is 20.7. The van der Waals surface area contributed by atoms with Crippen molar-refractivity contribution in [1.29, 1.82) is 0 Å². The maximum atomic E-state index is 14.0. The molecule has 3 N–H and O–H groups in total. The third-order valence-electron chi connectivity index (χ3n) is 8.26. The van der Waals surface area contributed by atoms with Crippen molar-refractivity contribution in [2.45, 2.75) is 39.8 Å². The highest BCUT2D eigenvalue weighted by Gasteiger charge is 2.38. The second-order valence-electron chi connectivity index (χ2n) is 11.6. The van der Waals surface area contributed by atoms with Gasteiger partial charge in [0, 0.05) is 21.8 Å². The topological polar surface area (TPSA) is 109 Å². The first-order valence-electron chi connectivity index (χ1n) is 14.5. The van der Waals surface area contributed by atoms with E-state index in [2.05, 4.69) is 16.0 Å². The standard InChI is InChI=1S/C35H30Cl2N4O4/c1-4-35(2,3)34(44)45-17-19-9-12-21(13-10-19)40-27-16-26(41-33(43)24-15-20(36)11-14-25(24)37)28-29-30(38-18-39-31(27)29)22-7-5-6-8-23(22)32(28)42/h5-16,18,30,40H,4,17H2,1-3H3,(H,38,39)(H,41,43). The Bertz CT molecular complexity index is 1890. The number of ketones is 1. The summed E-state index contributed by atoms with van der Waals surface area (Å²) in [5.41, 5.74) is 5.13. The van der Waals surface area contributed by atoms with Gasteiger partial charge in [-0.1, -0.05) is 66.5 Å². The van der Waals surface area contributed by atoms with Gasteiger partial charge >= 0.3 is 5.97 Å². The Morgan fingerprint density at radius 3 is 2.51 bits per heavy atom. The van der Waals surface area contributed by atoms with Crippen LogP contribution in [0.2, 0.25) is 10.0 Å². The summed E-state index contributed by atoms with van der Waals surface area (Å²) in [7, 11) is 0. The molecule has 2 aliphatic rings. The van der Waals surface area contributed by atoms with Crippen molar-refractivity contribution >= 4 is 69.9 Å². The number of rotatable bonds is 8. The maximum Gasteiger partial charge on any atom is 0.311 e. The van der Waals surface area contributed by atoms with E-state index in [0.717, 1.165) is 16.8 Å². The van der Waals surface area contributed by atoms with Crippen LogP contribution in [0, 0.1) is 5.41 Å². The molecule has 0 aromatic heterocycles. The molecule has 4 aromatic rings. The predicted octanol–water partition coefficient (Wildman–Crippen LogP) is 8.56. The van der Waals surface area contributed by atoms with Crippen LogP contribution in [0.3, 0.4) is 0 Å². The number of halogens is 2. The number of fused-ring (bicyclic) bond motifs is 2. The van der Waals surface area contributed by atoms with Crippen LogP contribution in [0.25, 0.3) is 0 Å². The van der Waals surface area contributed by atoms with Crippen LogP contribution in [0.4, 0.5) is 22.7 Å². The van der Waals surface area contributed by atoms with Gasteiger partial charge in [0.2, 0.25) is 0 Å². The van der Waals surface area contributed by atoms with Crippen LogP contribution in [0.1, 0.15) is 76.2 Å². The van der Waals surface area contributed by atoms with Crippen LogP contribution in [-0.2, 0) is 16.1 Å². The van der Waals surface area contributed by atoms with Crippen LogP contribution in [-0.4, -0.2) is 24.0 Å². The number of carbonyl (C=O) groups is 3. The molecule has 1 aliphatic heterocycles. The second-order valence-corrected chi connectivity index (χ2v) is 12.4. The fourth-order valence-electron chi connectivity index (χ4n) is 5.33. The summed E-state index contributed by atoms with van der Waals surface area (Å²) in [5, 5.41) is 10.1. The minimum Gasteiger partial charge on any atom is -0.460 e. The third-order valence-corrected chi connectivity index (χ3v) is 8.82. The molecule has 10 heteroatoms. The monoisotopic (exact) mass is 640 g/mol. The lowest BCUT2D eigenvalue weighted by Crippen LogP contribution is -2.26. The Kier molecular flexibility index (Phi) is 8.12. The highest BCUT2D eigenvalue weighted by atomic mass is 35.5. The van der Waals surface area contributed by atoms with Crippen molar-refractivity contribution < 1.29 is 19.1 Å². The highest BCUT2D eigenvalue weighted by Crippen LogP contribution is 2.49. The quantitative estimate of drug-likeness (QED) is 0.166. The molecule has 6 rings (SSSR count). The molecule has 1 unspecified atom stereocenters. The second kappa shape index (κ2) is 12.0. The van der Waals surface area contributed by atoms with Gasteiger partial charge in [-0.25, -0.2) is 0 Å². The maximum absolute atomic E-state index is 14.0. The first-order valence-corrected chi connectivity index (χ1v) is 15.2. The molecule has 0 bridgehead atoms. The van der Waals surface area contributed by atoms with E-state index < -0.39 is 17.4 Å². The molecule has 0 radical (unpaired) electrons. The normalized spacial score (nSPS) is 14.6. The zero-order valence-corrected chi connectivity index (χ0v) is 26.3. The van der Waals surface area contributed by atoms with Crippen LogP contribution < -0.4 is 16.0 Å². The summed E-state index contributed by atoms with van der Waals surface area (Å²) in [6.45, 7) is 5.85. The number of amides is 1. The number of ether oxygens (including phenoxy) is 1. The van der Waals surface area contributed by atoms with Crippen molar-refractivity contribution in [1.82, 2.24) is 0 Å². The SMILES string of the molecule is CCC(C)(C)C(=O)OCc1ccc(Nc2cc(NC(=O)c3cc(Cl)ccc3Cl)c3c4c2NC=NC4c2ccccc2C3=O)cc1. The van der Waals surface area contributed by atoms with Crippen molar-refractivity contribution in [3.05, 3.63) is 116 Å². The van der Waals surface area contributed by atoms with Crippen molar-refractivity contribution in [3.63, 3.8) is 0 Å². The summed E-state index contributed by atoms with van der Waals surface area (Å²) in [6.07, 6.45) is 2.30. The van der Waals surface area contributed by atoms with Crippen molar-refractivity contribution in [3.8, 4) is 0 Å². The molecule has 228 valence electrons. The molecule has 1 amide bonds. The number of anilines is 4. The van der Waals surface area contributed by atoms with Gasteiger partial charge in [-0.3, -0.25) is 19.4 Å². The molecule has 0 saturated heterocycles. The first kappa shape index (κ1) is 30.4. The molecule has 8 nitrogen and oxygen atoms in total. The molecule has 4 aromatic carbocycles. The van der Waals surface area contributed by atoms with E-state index in [-0.39, 0.29) is 28.9 Å². The largest absolute Gasteiger partial charge is 0.460 e. The van der Waals surface area contributed by atoms with E-state index in [0.29, 0.717) is 45.2 Å².